The van der Waals surface area contributed by atoms with Crippen molar-refractivity contribution in [3.8, 4) is 11.5 Å². The molecule has 0 aliphatic carbocycles. The average molecular weight is 431 g/mol. The quantitative estimate of drug-likeness (QED) is 0.532. The Morgan fingerprint density at radius 3 is 2.50 bits per heavy atom. The van der Waals surface area contributed by atoms with Crippen LogP contribution in [0.3, 0.4) is 0 Å². The number of carbonyl (C=O) groups excluding carboxylic acids is 3. The molecule has 1 N–H and O–H groups in total. The van der Waals surface area contributed by atoms with Crippen LogP contribution in [0.2, 0.25) is 0 Å². The topological polar surface area (TPSA) is 94.2 Å². The van der Waals surface area contributed by atoms with Gasteiger partial charge < -0.3 is 19.5 Å². The minimum absolute atomic E-state index is 0.105. The van der Waals surface area contributed by atoms with E-state index in [-0.39, 0.29) is 28.6 Å². The van der Waals surface area contributed by atoms with E-state index >= 15 is 0 Å². The molecule has 0 saturated carbocycles. The minimum Gasteiger partial charge on any atom is -0.497 e. The van der Waals surface area contributed by atoms with E-state index in [1.165, 1.54) is 32.4 Å². The molecule has 0 atom stereocenters. The summed E-state index contributed by atoms with van der Waals surface area (Å²) in [4.78, 5) is 38.5. The van der Waals surface area contributed by atoms with E-state index < -0.39 is 17.8 Å². The lowest BCUT2D eigenvalue weighted by molar-refractivity contribution is -0.120. The first-order valence-corrected chi connectivity index (χ1v) is 9.33. The summed E-state index contributed by atoms with van der Waals surface area (Å²) >= 11 is 6.17. The van der Waals surface area contributed by atoms with Crippen molar-refractivity contribution in [2.24, 2.45) is 0 Å². The molecule has 8 nitrogen and oxygen atoms in total. The van der Waals surface area contributed by atoms with Crippen LogP contribution in [-0.4, -0.2) is 38.6 Å². The molecule has 1 heterocycles. The number of methoxy groups -OCH3 is 2. The Bertz CT molecular complexity index is 1050. The molecule has 0 radical (unpaired) electrons. The normalized spacial score (nSPS) is 13.5. The van der Waals surface area contributed by atoms with Gasteiger partial charge in [-0.1, -0.05) is 17.7 Å². The molecule has 2 aromatic rings. The lowest BCUT2D eigenvalue weighted by atomic mass is 10.2. The van der Waals surface area contributed by atoms with E-state index in [1.54, 1.807) is 31.2 Å². The second-order valence-electron chi connectivity index (χ2n) is 6.10. The van der Waals surface area contributed by atoms with Crippen LogP contribution in [0, 0.1) is 0 Å². The van der Waals surface area contributed by atoms with Gasteiger partial charge in [-0.2, -0.15) is 0 Å². The molecule has 0 aromatic heterocycles. The van der Waals surface area contributed by atoms with Crippen LogP contribution in [0.5, 0.6) is 11.5 Å². The number of ether oxygens (including phenoxy) is 3. The van der Waals surface area contributed by atoms with Crippen LogP contribution in [0.15, 0.2) is 53.2 Å². The molecule has 0 fully saturated rings. The molecule has 1 aliphatic rings. The van der Waals surface area contributed by atoms with Crippen molar-refractivity contribution in [3.05, 3.63) is 58.8 Å². The van der Waals surface area contributed by atoms with Crippen molar-refractivity contribution < 1.29 is 28.6 Å². The van der Waals surface area contributed by atoms with Gasteiger partial charge in [-0.05, 0) is 37.3 Å². The molecule has 0 spiro atoms. The summed E-state index contributed by atoms with van der Waals surface area (Å²) in [6.07, 6.45) is 0. The summed E-state index contributed by atoms with van der Waals surface area (Å²) < 4.78 is 15.4. The lowest BCUT2D eigenvalue weighted by Crippen LogP contribution is -2.32. The van der Waals surface area contributed by atoms with Crippen molar-refractivity contribution in [2.75, 3.05) is 31.0 Å². The molecule has 9 heteroatoms. The molecule has 1 aliphatic heterocycles. The van der Waals surface area contributed by atoms with Crippen LogP contribution in [0.1, 0.15) is 17.3 Å². The highest BCUT2D eigenvalue weighted by Crippen LogP contribution is 2.34. The number of benzene rings is 2. The summed E-state index contributed by atoms with van der Waals surface area (Å²) in [5, 5.41) is 2.58. The number of nitrogens with zero attached hydrogens (tertiary/aromatic N) is 1. The highest BCUT2D eigenvalue weighted by atomic mass is 35.5. The summed E-state index contributed by atoms with van der Waals surface area (Å²) in [5.41, 5.74) is 0.734. The van der Waals surface area contributed by atoms with Crippen LogP contribution in [0.25, 0.3) is 0 Å². The summed E-state index contributed by atoms with van der Waals surface area (Å²) in [7, 11) is 2.98. The molecule has 2 aromatic carbocycles. The fourth-order valence-electron chi connectivity index (χ4n) is 2.87. The third-order valence-corrected chi connectivity index (χ3v) is 4.66. The van der Waals surface area contributed by atoms with Crippen molar-refractivity contribution in [3.63, 3.8) is 0 Å². The molecular formula is C21H19ClN2O6. The maximum absolute atomic E-state index is 13.0. The van der Waals surface area contributed by atoms with Gasteiger partial charge in [-0.15, -0.1) is 0 Å². The molecule has 2 amide bonds. The molecule has 0 bridgehead atoms. The molecule has 156 valence electrons. The lowest BCUT2D eigenvalue weighted by Gasteiger charge is -2.16. The number of esters is 1. The zero-order chi connectivity index (χ0) is 21.8. The van der Waals surface area contributed by atoms with Gasteiger partial charge in [-0.25, -0.2) is 9.69 Å². The van der Waals surface area contributed by atoms with E-state index in [0.29, 0.717) is 17.2 Å². The van der Waals surface area contributed by atoms with E-state index in [9.17, 15) is 14.4 Å². The number of amides is 2. The maximum atomic E-state index is 13.0. The van der Waals surface area contributed by atoms with E-state index in [0.717, 1.165) is 4.90 Å². The van der Waals surface area contributed by atoms with Crippen LogP contribution in [0.4, 0.5) is 11.4 Å². The molecular weight excluding hydrogens is 412 g/mol. The van der Waals surface area contributed by atoms with Crippen molar-refractivity contribution in [1.29, 1.82) is 0 Å². The van der Waals surface area contributed by atoms with Gasteiger partial charge in [0.25, 0.3) is 11.8 Å². The van der Waals surface area contributed by atoms with Gasteiger partial charge in [0, 0.05) is 6.07 Å². The van der Waals surface area contributed by atoms with Gasteiger partial charge in [0.2, 0.25) is 0 Å². The van der Waals surface area contributed by atoms with Crippen molar-refractivity contribution in [1.82, 2.24) is 0 Å². The number of hydrogen-bond acceptors (Lipinski definition) is 7. The molecule has 0 unspecified atom stereocenters. The highest BCUT2D eigenvalue weighted by molar-refractivity contribution is 6.53. The summed E-state index contributed by atoms with van der Waals surface area (Å²) in [5.74, 6) is -0.974. The third-order valence-electron chi connectivity index (χ3n) is 4.31. The van der Waals surface area contributed by atoms with Gasteiger partial charge in [0.1, 0.15) is 22.2 Å². The Morgan fingerprint density at radius 2 is 1.83 bits per heavy atom. The Kier molecular flexibility index (Phi) is 6.27. The summed E-state index contributed by atoms with van der Waals surface area (Å²) in [6, 6.07) is 10.9. The fourth-order valence-corrected chi connectivity index (χ4v) is 3.08. The fraction of sp³-hybridized carbons (Fsp3) is 0.190. The van der Waals surface area contributed by atoms with E-state index in [4.69, 9.17) is 25.8 Å². The molecule has 30 heavy (non-hydrogen) atoms. The minimum atomic E-state index is -0.711. The largest absolute Gasteiger partial charge is 0.497 e. The van der Waals surface area contributed by atoms with Crippen molar-refractivity contribution in [2.45, 2.75) is 6.92 Å². The maximum Gasteiger partial charge on any atom is 0.338 e. The van der Waals surface area contributed by atoms with Crippen LogP contribution < -0.4 is 19.7 Å². The second kappa shape index (κ2) is 8.87. The smallest absolute Gasteiger partial charge is 0.338 e. The average Bonchev–Trinajstić information content (AvgIpc) is 2.97. The second-order valence-corrected chi connectivity index (χ2v) is 6.47. The SMILES string of the molecule is CCOC(=O)c1cccc(N2C(=O)C(Cl)=C(Nc3ccc(OC)cc3OC)C2=O)c1. The van der Waals surface area contributed by atoms with Crippen molar-refractivity contribution >= 4 is 40.8 Å². The zero-order valence-corrected chi connectivity index (χ0v) is 17.3. The number of nitrogens with one attached hydrogen (secondary N) is 1. The predicted molar refractivity (Wildman–Crippen MR) is 111 cm³/mol. The Hall–Kier alpha value is -3.52. The number of rotatable bonds is 7. The monoisotopic (exact) mass is 430 g/mol. The predicted octanol–water partition coefficient (Wildman–Crippen LogP) is 3.32. The highest BCUT2D eigenvalue weighted by Gasteiger charge is 2.39. The number of anilines is 2. The number of halogens is 1. The first-order chi connectivity index (χ1) is 14.4. The Labute approximate surface area is 178 Å². The number of imide groups is 1. The van der Waals surface area contributed by atoms with E-state index in [1.807, 2.05) is 0 Å². The first kappa shape index (κ1) is 21.2. The van der Waals surface area contributed by atoms with Gasteiger partial charge in [0.05, 0.1) is 37.8 Å². The van der Waals surface area contributed by atoms with E-state index in [2.05, 4.69) is 5.32 Å². The Morgan fingerprint density at radius 1 is 1.07 bits per heavy atom. The first-order valence-electron chi connectivity index (χ1n) is 8.96. The van der Waals surface area contributed by atoms with Gasteiger partial charge >= 0.3 is 5.97 Å². The van der Waals surface area contributed by atoms with Gasteiger partial charge in [-0.3, -0.25) is 9.59 Å². The standard InChI is InChI=1S/C21H19ClN2O6/c1-4-30-21(27)12-6-5-7-13(10-12)24-19(25)17(22)18(20(24)26)23-15-9-8-14(28-2)11-16(15)29-3/h5-11,23H,4H2,1-3H3. The van der Waals surface area contributed by atoms with Gasteiger partial charge in [0.15, 0.2) is 0 Å². The molecule has 3 rings (SSSR count). The third kappa shape index (κ3) is 3.95. The Balaban J connectivity index is 1.91. The summed E-state index contributed by atoms with van der Waals surface area (Å²) in [6.45, 7) is 1.89. The number of hydrogen-bond donors (Lipinski definition) is 1. The molecule has 0 saturated heterocycles. The zero-order valence-electron chi connectivity index (χ0n) is 16.5. The number of carbonyl (C=O) groups is 3. The van der Waals surface area contributed by atoms with Crippen LogP contribution >= 0.6 is 11.6 Å². The van der Waals surface area contributed by atoms with Crippen LogP contribution in [-0.2, 0) is 14.3 Å².